The molecule has 1 aliphatic rings. The van der Waals surface area contributed by atoms with Crippen molar-refractivity contribution in [2.45, 2.75) is 19.4 Å². The van der Waals surface area contributed by atoms with E-state index >= 15 is 0 Å². The first kappa shape index (κ1) is 21.0. The maximum Gasteiger partial charge on any atom is 0.251 e. The molecule has 1 aliphatic heterocycles. The standard InChI is InChI=1S/C23H30N4O2/c1-26(22(28)16-24)17-18-5-4-6-21(15-18)19-7-9-20(10-8-19)23(29)25-11-14-27-12-2-3-13-27/h4-10,15H,2-3,11-14,16-17,24H2,1H3,(H,25,29). The highest BCUT2D eigenvalue weighted by Crippen LogP contribution is 2.21. The smallest absolute Gasteiger partial charge is 0.251 e. The Hall–Kier alpha value is -2.70. The average Bonchev–Trinajstić information content (AvgIpc) is 3.27. The molecule has 3 rings (SSSR count). The first-order valence-corrected chi connectivity index (χ1v) is 10.2. The molecule has 0 bridgehead atoms. The Morgan fingerprint density at radius 3 is 2.48 bits per heavy atom. The quantitative estimate of drug-likeness (QED) is 0.719. The van der Waals surface area contributed by atoms with E-state index in [0.717, 1.165) is 36.3 Å². The Bertz CT molecular complexity index is 829. The second kappa shape index (κ2) is 10.2. The largest absolute Gasteiger partial charge is 0.351 e. The summed E-state index contributed by atoms with van der Waals surface area (Å²) in [6.07, 6.45) is 2.52. The van der Waals surface area contributed by atoms with E-state index in [0.29, 0.717) is 18.7 Å². The lowest BCUT2D eigenvalue weighted by molar-refractivity contribution is -0.128. The molecular weight excluding hydrogens is 364 g/mol. The normalized spacial score (nSPS) is 14.0. The number of nitrogens with one attached hydrogen (secondary N) is 1. The van der Waals surface area contributed by atoms with Crippen molar-refractivity contribution < 1.29 is 9.59 Å². The predicted molar refractivity (Wildman–Crippen MR) is 115 cm³/mol. The zero-order valence-corrected chi connectivity index (χ0v) is 17.1. The summed E-state index contributed by atoms with van der Waals surface area (Å²) in [5, 5.41) is 3.00. The topological polar surface area (TPSA) is 78.7 Å². The van der Waals surface area contributed by atoms with Crippen LogP contribution in [0.3, 0.4) is 0 Å². The summed E-state index contributed by atoms with van der Waals surface area (Å²) in [5.41, 5.74) is 9.21. The molecule has 3 N–H and O–H groups in total. The van der Waals surface area contributed by atoms with Crippen LogP contribution >= 0.6 is 0 Å². The second-order valence-corrected chi connectivity index (χ2v) is 7.54. The SMILES string of the molecule is CN(Cc1cccc(-c2ccc(C(=O)NCCN3CCCC3)cc2)c1)C(=O)CN. The van der Waals surface area contributed by atoms with E-state index < -0.39 is 0 Å². The van der Waals surface area contributed by atoms with Crippen molar-refractivity contribution in [1.82, 2.24) is 15.1 Å². The van der Waals surface area contributed by atoms with Gasteiger partial charge in [-0.15, -0.1) is 0 Å². The van der Waals surface area contributed by atoms with E-state index in [1.807, 2.05) is 42.5 Å². The summed E-state index contributed by atoms with van der Waals surface area (Å²) in [6, 6.07) is 15.7. The van der Waals surface area contributed by atoms with Gasteiger partial charge in [0.2, 0.25) is 5.91 Å². The molecule has 0 spiro atoms. The number of hydrogen-bond acceptors (Lipinski definition) is 4. The molecule has 0 atom stereocenters. The lowest BCUT2D eigenvalue weighted by Gasteiger charge is -2.17. The Labute approximate surface area is 172 Å². The molecule has 0 radical (unpaired) electrons. The Morgan fingerprint density at radius 1 is 1.07 bits per heavy atom. The van der Waals surface area contributed by atoms with Crippen molar-refractivity contribution in [2.75, 3.05) is 39.8 Å². The van der Waals surface area contributed by atoms with E-state index in [1.165, 1.54) is 12.8 Å². The van der Waals surface area contributed by atoms with Crippen LogP contribution in [0.2, 0.25) is 0 Å². The zero-order chi connectivity index (χ0) is 20.6. The maximum absolute atomic E-state index is 12.4. The van der Waals surface area contributed by atoms with Crippen LogP contribution < -0.4 is 11.1 Å². The molecule has 0 unspecified atom stereocenters. The van der Waals surface area contributed by atoms with Gasteiger partial charge in [-0.1, -0.05) is 30.3 Å². The van der Waals surface area contributed by atoms with Crippen molar-refractivity contribution in [3.63, 3.8) is 0 Å². The minimum Gasteiger partial charge on any atom is -0.351 e. The van der Waals surface area contributed by atoms with Crippen LogP contribution in [0.25, 0.3) is 11.1 Å². The number of nitrogens with two attached hydrogens (primary N) is 1. The van der Waals surface area contributed by atoms with Crippen molar-refractivity contribution >= 4 is 11.8 Å². The lowest BCUT2D eigenvalue weighted by atomic mass is 10.0. The molecule has 0 saturated carbocycles. The summed E-state index contributed by atoms with van der Waals surface area (Å²) in [7, 11) is 1.75. The number of rotatable bonds is 8. The maximum atomic E-state index is 12.4. The molecule has 0 aliphatic carbocycles. The molecule has 29 heavy (non-hydrogen) atoms. The van der Waals surface area contributed by atoms with E-state index in [9.17, 15) is 9.59 Å². The van der Waals surface area contributed by atoms with Crippen LogP contribution in [0.5, 0.6) is 0 Å². The Kier molecular flexibility index (Phi) is 7.38. The van der Waals surface area contributed by atoms with Gasteiger partial charge < -0.3 is 20.9 Å². The summed E-state index contributed by atoms with van der Waals surface area (Å²) in [4.78, 5) is 28.0. The van der Waals surface area contributed by atoms with Crippen LogP contribution in [0.15, 0.2) is 48.5 Å². The highest BCUT2D eigenvalue weighted by atomic mass is 16.2. The van der Waals surface area contributed by atoms with E-state index in [4.69, 9.17) is 5.73 Å². The molecule has 2 aromatic rings. The lowest BCUT2D eigenvalue weighted by Crippen LogP contribution is -2.33. The molecule has 6 heteroatoms. The first-order valence-electron chi connectivity index (χ1n) is 10.2. The van der Waals surface area contributed by atoms with Gasteiger partial charge in [0, 0.05) is 32.2 Å². The third kappa shape index (κ3) is 5.89. The van der Waals surface area contributed by atoms with Gasteiger partial charge in [-0.3, -0.25) is 9.59 Å². The fourth-order valence-electron chi connectivity index (χ4n) is 3.62. The number of carbonyl (C=O) groups excluding carboxylic acids is 2. The summed E-state index contributed by atoms with van der Waals surface area (Å²) >= 11 is 0. The number of likely N-dealkylation sites (tertiary alicyclic amines) is 1. The summed E-state index contributed by atoms with van der Waals surface area (Å²) in [6.45, 7) is 4.40. The van der Waals surface area contributed by atoms with E-state index in [2.05, 4.69) is 16.3 Å². The minimum atomic E-state index is -0.0875. The van der Waals surface area contributed by atoms with Crippen LogP contribution in [-0.4, -0.2) is 61.4 Å². The molecular formula is C23H30N4O2. The molecule has 1 fully saturated rings. The number of benzene rings is 2. The van der Waals surface area contributed by atoms with Gasteiger partial charge in [0.1, 0.15) is 0 Å². The van der Waals surface area contributed by atoms with Gasteiger partial charge in [0.15, 0.2) is 0 Å². The first-order chi connectivity index (χ1) is 14.1. The minimum absolute atomic E-state index is 0.0117. The van der Waals surface area contributed by atoms with Gasteiger partial charge in [0.05, 0.1) is 6.54 Å². The number of carbonyl (C=O) groups is 2. The van der Waals surface area contributed by atoms with Crippen LogP contribution in [0.4, 0.5) is 0 Å². The van der Waals surface area contributed by atoms with Crippen molar-refractivity contribution in [3.8, 4) is 11.1 Å². The second-order valence-electron chi connectivity index (χ2n) is 7.54. The Morgan fingerprint density at radius 2 is 1.79 bits per heavy atom. The van der Waals surface area contributed by atoms with Crippen LogP contribution in [-0.2, 0) is 11.3 Å². The fraction of sp³-hybridized carbons (Fsp3) is 0.391. The highest BCUT2D eigenvalue weighted by Gasteiger charge is 2.12. The van der Waals surface area contributed by atoms with Gasteiger partial charge in [0.25, 0.3) is 5.91 Å². The van der Waals surface area contributed by atoms with E-state index in [1.54, 1.807) is 11.9 Å². The fourth-order valence-corrected chi connectivity index (χ4v) is 3.62. The van der Waals surface area contributed by atoms with Gasteiger partial charge in [-0.2, -0.15) is 0 Å². The Balaban J connectivity index is 1.58. The number of amides is 2. The number of hydrogen-bond donors (Lipinski definition) is 2. The molecule has 1 saturated heterocycles. The van der Waals surface area contributed by atoms with Crippen LogP contribution in [0.1, 0.15) is 28.8 Å². The van der Waals surface area contributed by atoms with Gasteiger partial charge in [-0.05, 0) is 60.8 Å². The third-order valence-electron chi connectivity index (χ3n) is 5.34. The number of nitrogens with zero attached hydrogens (tertiary/aromatic N) is 2. The molecule has 2 aromatic carbocycles. The number of likely N-dealkylation sites (N-methyl/N-ethyl adjacent to an activating group) is 1. The van der Waals surface area contributed by atoms with E-state index in [-0.39, 0.29) is 18.4 Å². The van der Waals surface area contributed by atoms with Crippen LogP contribution in [0, 0.1) is 0 Å². The third-order valence-corrected chi connectivity index (χ3v) is 5.34. The summed E-state index contributed by atoms with van der Waals surface area (Å²) < 4.78 is 0. The average molecular weight is 395 g/mol. The highest BCUT2D eigenvalue weighted by molar-refractivity contribution is 5.94. The molecule has 0 aromatic heterocycles. The van der Waals surface area contributed by atoms with Crippen molar-refractivity contribution in [1.29, 1.82) is 0 Å². The zero-order valence-electron chi connectivity index (χ0n) is 17.1. The summed E-state index contributed by atoms with van der Waals surface area (Å²) in [5.74, 6) is -0.123. The predicted octanol–water partition coefficient (Wildman–Crippen LogP) is 2.10. The van der Waals surface area contributed by atoms with Crippen molar-refractivity contribution in [3.05, 3.63) is 59.7 Å². The monoisotopic (exact) mass is 394 g/mol. The molecule has 6 nitrogen and oxygen atoms in total. The molecule has 154 valence electrons. The molecule has 1 heterocycles. The molecule has 2 amide bonds. The van der Waals surface area contributed by atoms with Crippen molar-refractivity contribution in [2.24, 2.45) is 5.73 Å². The van der Waals surface area contributed by atoms with Gasteiger partial charge >= 0.3 is 0 Å². The van der Waals surface area contributed by atoms with Gasteiger partial charge in [-0.25, -0.2) is 0 Å².